The van der Waals surface area contributed by atoms with E-state index >= 15 is 0 Å². The van der Waals surface area contributed by atoms with Crippen LogP contribution in [0.15, 0.2) is 71.2 Å². The molecule has 2 nitrogen and oxygen atoms in total. The second-order valence-corrected chi connectivity index (χ2v) is 7.26. The highest BCUT2D eigenvalue weighted by atomic mass is 79.9. The van der Waals surface area contributed by atoms with Gasteiger partial charge in [-0.3, -0.25) is 4.90 Å². The van der Waals surface area contributed by atoms with Crippen LogP contribution in [0.4, 0.5) is 0 Å². The van der Waals surface area contributed by atoms with Crippen LogP contribution in [-0.4, -0.2) is 31.1 Å². The second-order valence-electron chi connectivity index (χ2n) is 6.35. The minimum absolute atomic E-state index is 0.310. The highest BCUT2D eigenvalue weighted by Gasteiger charge is 2.24. The van der Waals surface area contributed by atoms with Crippen molar-refractivity contribution in [3.63, 3.8) is 0 Å². The minimum Gasteiger partial charge on any atom is -0.314 e. The molecular weight excluding hydrogens is 360 g/mol. The summed E-state index contributed by atoms with van der Waals surface area (Å²) in [5.41, 5.74) is 2.73. The maximum atomic E-state index is 3.56. The molecule has 1 atom stereocenters. The Morgan fingerprint density at radius 3 is 2.21 bits per heavy atom. The van der Waals surface area contributed by atoms with Crippen molar-refractivity contribution >= 4 is 26.7 Å². The molecule has 1 aliphatic rings. The van der Waals surface area contributed by atoms with E-state index in [1.54, 1.807) is 0 Å². The van der Waals surface area contributed by atoms with E-state index in [0.717, 1.165) is 30.7 Å². The molecule has 0 saturated carbocycles. The first-order chi connectivity index (χ1) is 11.8. The highest BCUT2D eigenvalue weighted by molar-refractivity contribution is 9.10. The lowest BCUT2D eigenvalue weighted by molar-refractivity contribution is 0.198. The molecule has 1 saturated heterocycles. The van der Waals surface area contributed by atoms with E-state index < -0.39 is 0 Å². The van der Waals surface area contributed by atoms with Crippen molar-refractivity contribution in [2.75, 3.05) is 26.2 Å². The number of halogens is 1. The fourth-order valence-electron chi connectivity index (χ4n) is 3.58. The number of hydrogen-bond donors (Lipinski definition) is 1. The summed E-state index contributed by atoms with van der Waals surface area (Å²) in [5, 5.41) is 6.08. The molecule has 0 aromatic heterocycles. The Morgan fingerprint density at radius 2 is 1.46 bits per heavy atom. The first-order valence-corrected chi connectivity index (χ1v) is 9.29. The number of rotatable bonds is 3. The van der Waals surface area contributed by atoms with Gasteiger partial charge < -0.3 is 5.32 Å². The molecule has 0 bridgehead atoms. The molecule has 1 unspecified atom stereocenters. The Kier molecular flexibility index (Phi) is 4.65. The van der Waals surface area contributed by atoms with E-state index in [0.29, 0.717) is 6.04 Å². The Labute approximate surface area is 151 Å². The predicted octanol–water partition coefficient (Wildman–Crippen LogP) is 4.60. The molecule has 0 amide bonds. The molecule has 1 heterocycles. The lowest BCUT2D eigenvalue weighted by atomic mass is 9.94. The molecular formula is C21H21BrN2. The number of fused-ring (bicyclic) bond motifs is 1. The van der Waals surface area contributed by atoms with Gasteiger partial charge in [0, 0.05) is 30.7 Å². The molecule has 3 aromatic rings. The first-order valence-electron chi connectivity index (χ1n) is 8.50. The van der Waals surface area contributed by atoms with Crippen molar-refractivity contribution < 1.29 is 0 Å². The summed E-state index contributed by atoms with van der Waals surface area (Å²) < 4.78 is 1.13. The maximum Gasteiger partial charge on any atom is 0.0602 e. The van der Waals surface area contributed by atoms with Crippen LogP contribution in [0.1, 0.15) is 17.2 Å². The van der Waals surface area contributed by atoms with Gasteiger partial charge in [0.2, 0.25) is 0 Å². The predicted molar refractivity (Wildman–Crippen MR) is 104 cm³/mol. The van der Waals surface area contributed by atoms with Crippen molar-refractivity contribution in [1.29, 1.82) is 0 Å². The summed E-state index contributed by atoms with van der Waals surface area (Å²) in [6.45, 7) is 4.27. The normalized spacial score (nSPS) is 17.0. The monoisotopic (exact) mass is 380 g/mol. The number of piperazine rings is 1. The van der Waals surface area contributed by atoms with Gasteiger partial charge in [0.1, 0.15) is 0 Å². The number of hydrogen-bond acceptors (Lipinski definition) is 2. The third-order valence-electron chi connectivity index (χ3n) is 4.79. The van der Waals surface area contributed by atoms with E-state index in [2.05, 4.69) is 92.9 Å². The van der Waals surface area contributed by atoms with Gasteiger partial charge in [-0.1, -0.05) is 64.5 Å². The minimum atomic E-state index is 0.310. The zero-order valence-corrected chi connectivity index (χ0v) is 15.2. The van der Waals surface area contributed by atoms with Crippen molar-refractivity contribution in [1.82, 2.24) is 10.2 Å². The van der Waals surface area contributed by atoms with E-state index in [9.17, 15) is 0 Å². The zero-order valence-electron chi connectivity index (χ0n) is 13.6. The van der Waals surface area contributed by atoms with Gasteiger partial charge in [0.25, 0.3) is 0 Å². The SMILES string of the molecule is Brc1ccc(C(c2ccc3ccccc3c2)N2CCNCC2)cc1. The van der Waals surface area contributed by atoms with Gasteiger partial charge in [-0.25, -0.2) is 0 Å². The summed E-state index contributed by atoms with van der Waals surface area (Å²) >= 11 is 3.56. The lowest BCUT2D eigenvalue weighted by Gasteiger charge is -2.35. The topological polar surface area (TPSA) is 15.3 Å². The van der Waals surface area contributed by atoms with E-state index in [1.165, 1.54) is 21.9 Å². The van der Waals surface area contributed by atoms with Gasteiger partial charge in [0.15, 0.2) is 0 Å². The molecule has 4 rings (SSSR count). The molecule has 0 spiro atoms. The van der Waals surface area contributed by atoms with Crippen LogP contribution in [0.5, 0.6) is 0 Å². The Hall–Kier alpha value is -1.68. The smallest absolute Gasteiger partial charge is 0.0602 e. The molecule has 122 valence electrons. The van der Waals surface area contributed by atoms with E-state index in [-0.39, 0.29) is 0 Å². The van der Waals surface area contributed by atoms with Gasteiger partial charge in [-0.15, -0.1) is 0 Å². The molecule has 24 heavy (non-hydrogen) atoms. The average molecular weight is 381 g/mol. The first kappa shape index (κ1) is 15.8. The highest BCUT2D eigenvalue weighted by Crippen LogP contribution is 2.31. The van der Waals surface area contributed by atoms with Crippen molar-refractivity contribution in [2.45, 2.75) is 6.04 Å². The Balaban J connectivity index is 1.79. The fourth-order valence-corrected chi connectivity index (χ4v) is 3.84. The second kappa shape index (κ2) is 7.06. The van der Waals surface area contributed by atoms with Gasteiger partial charge >= 0.3 is 0 Å². The summed E-state index contributed by atoms with van der Waals surface area (Å²) in [4.78, 5) is 2.59. The third-order valence-corrected chi connectivity index (χ3v) is 5.32. The van der Waals surface area contributed by atoms with Crippen LogP contribution >= 0.6 is 15.9 Å². The van der Waals surface area contributed by atoms with Crippen LogP contribution in [-0.2, 0) is 0 Å². The number of nitrogens with zero attached hydrogens (tertiary/aromatic N) is 1. The summed E-state index contributed by atoms with van der Waals surface area (Å²) in [6.07, 6.45) is 0. The van der Waals surface area contributed by atoms with Crippen LogP contribution in [0.2, 0.25) is 0 Å². The fraction of sp³-hybridized carbons (Fsp3) is 0.238. The lowest BCUT2D eigenvalue weighted by Crippen LogP contribution is -2.45. The molecule has 0 aliphatic carbocycles. The van der Waals surface area contributed by atoms with Gasteiger partial charge in [-0.05, 0) is 40.1 Å². The van der Waals surface area contributed by atoms with Crippen LogP contribution in [0.25, 0.3) is 10.8 Å². The summed E-state index contributed by atoms with van der Waals surface area (Å²) in [7, 11) is 0. The quantitative estimate of drug-likeness (QED) is 0.714. The average Bonchev–Trinajstić information content (AvgIpc) is 2.64. The summed E-state index contributed by atoms with van der Waals surface area (Å²) in [5.74, 6) is 0. The zero-order chi connectivity index (χ0) is 16.4. The number of benzene rings is 3. The van der Waals surface area contributed by atoms with E-state index in [1.807, 2.05) is 0 Å². The van der Waals surface area contributed by atoms with Gasteiger partial charge in [-0.2, -0.15) is 0 Å². The summed E-state index contributed by atoms with van der Waals surface area (Å²) in [6, 6.07) is 24.6. The van der Waals surface area contributed by atoms with Crippen molar-refractivity contribution in [2.24, 2.45) is 0 Å². The van der Waals surface area contributed by atoms with Crippen LogP contribution in [0, 0.1) is 0 Å². The van der Waals surface area contributed by atoms with Crippen molar-refractivity contribution in [3.05, 3.63) is 82.3 Å². The van der Waals surface area contributed by atoms with Crippen molar-refractivity contribution in [3.8, 4) is 0 Å². The van der Waals surface area contributed by atoms with Gasteiger partial charge in [0.05, 0.1) is 6.04 Å². The van der Waals surface area contributed by atoms with Crippen LogP contribution in [0.3, 0.4) is 0 Å². The largest absolute Gasteiger partial charge is 0.314 e. The molecule has 1 fully saturated rings. The van der Waals surface area contributed by atoms with E-state index in [4.69, 9.17) is 0 Å². The third kappa shape index (κ3) is 3.25. The Bertz CT molecular complexity index is 823. The number of nitrogens with one attached hydrogen (secondary N) is 1. The molecule has 0 radical (unpaired) electrons. The standard InChI is InChI=1S/C21H21BrN2/c22-20-9-7-17(8-10-20)21(24-13-11-23-12-14-24)19-6-5-16-3-1-2-4-18(16)15-19/h1-10,15,21,23H,11-14H2. The maximum absolute atomic E-state index is 3.56. The molecule has 3 heteroatoms. The molecule has 1 aliphatic heterocycles. The molecule has 3 aromatic carbocycles. The van der Waals surface area contributed by atoms with Crippen LogP contribution < -0.4 is 5.32 Å². The Morgan fingerprint density at radius 1 is 0.792 bits per heavy atom. The molecule has 1 N–H and O–H groups in total.